The molecule has 6 nitrogen and oxygen atoms in total. The number of nitrogens with one attached hydrogen (secondary N) is 1. The lowest BCUT2D eigenvalue weighted by Gasteiger charge is -2.32. The predicted octanol–water partition coefficient (Wildman–Crippen LogP) is 0.340. The number of hydrogen-bond acceptors (Lipinski definition) is 4. The largest absolute Gasteiger partial charge is 0.399 e. The number of anilines is 2. The van der Waals surface area contributed by atoms with Crippen molar-refractivity contribution in [2.45, 2.75) is 6.04 Å². The summed E-state index contributed by atoms with van der Waals surface area (Å²) >= 11 is 0. The summed E-state index contributed by atoms with van der Waals surface area (Å²) in [6.45, 7) is 0.746. The molecule has 0 aromatic heterocycles. The van der Waals surface area contributed by atoms with E-state index in [0.29, 0.717) is 24.6 Å². The van der Waals surface area contributed by atoms with Crippen molar-refractivity contribution in [2.24, 2.45) is 5.92 Å². The van der Waals surface area contributed by atoms with Crippen LogP contribution in [0.25, 0.3) is 0 Å². The molecule has 2 fully saturated rings. The van der Waals surface area contributed by atoms with Crippen molar-refractivity contribution in [2.75, 3.05) is 23.8 Å². The highest BCUT2D eigenvalue weighted by Gasteiger charge is 2.44. The molecule has 2 aliphatic rings. The fourth-order valence-corrected chi connectivity index (χ4v) is 2.34. The van der Waals surface area contributed by atoms with E-state index in [1.165, 1.54) is 0 Å². The Labute approximate surface area is 104 Å². The summed E-state index contributed by atoms with van der Waals surface area (Å²) in [5.41, 5.74) is 6.67. The summed E-state index contributed by atoms with van der Waals surface area (Å²) in [4.78, 5) is 25.4. The molecule has 0 bridgehead atoms. The van der Waals surface area contributed by atoms with Crippen LogP contribution in [-0.4, -0.2) is 31.2 Å². The summed E-state index contributed by atoms with van der Waals surface area (Å²) in [6.07, 6.45) is 0. The van der Waals surface area contributed by atoms with Gasteiger partial charge in [-0.1, -0.05) is 6.07 Å². The number of nitrogen functional groups attached to an aromatic ring is 1. The quantitative estimate of drug-likeness (QED) is 0.701. The number of rotatable bonds is 1. The summed E-state index contributed by atoms with van der Waals surface area (Å²) in [5, 5.41) is 2.78. The number of urea groups is 1. The van der Waals surface area contributed by atoms with Crippen molar-refractivity contribution in [1.29, 1.82) is 0 Å². The molecule has 3 amide bonds. The molecule has 2 heterocycles. The van der Waals surface area contributed by atoms with Crippen LogP contribution in [0.15, 0.2) is 24.3 Å². The minimum absolute atomic E-state index is 0.206. The topological polar surface area (TPSA) is 84.7 Å². The number of carbonyl (C=O) groups is 2. The predicted molar refractivity (Wildman–Crippen MR) is 65.0 cm³/mol. The highest BCUT2D eigenvalue weighted by atomic mass is 16.5. The van der Waals surface area contributed by atoms with Crippen molar-refractivity contribution in [1.82, 2.24) is 5.32 Å². The molecule has 0 radical (unpaired) electrons. The molecule has 0 saturated carbocycles. The molecule has 2 atom stereocenters. The molecule has 0 spiro atoms. The van der Waals surface area contributed by atoms with Gasteiger partial charge in [-0.15, -0.1) is 0 Å². The fraction of sp³-hybridized carbons (Fsp3) is 0.333. The Bertz CT molecular complexity index is 517. The van der Waals surface area contributed by atoms with Gasteiger partial charge in [0.1, 0.15) is 0 Å². The summed E-state index contributed by atoms with van der Waals surface area (Å²) in [5.74, 6) is -0.531. The van der Waals surface area contributed by atoms with Crippen molar-refractivity contribution >= 4 is 23.3 Å². The number of carbonyl (C=O) groups excluding carboxylic acids is 2. The van der Waals surface area contributed by atoms with E-state index in [0.717, 1.165) is 4.90 Å². The highest BCUT2D eigenvalue weighted by molar-refractivity contribution is 6.17. The maximum Gasteiger partial charge on any atom is 0.329 e. The van der Waals surface area contributed by atoms with Gasteiger partial charge in [-0.3, -0.25) is 4.79 Å². The van der Waals surface area contributed by atoms with Gasteiger partial charge >= 0.3 is 6.03 Å². The molecular formula is C12H13N3O3. The number of ether oxygens (including phenoxy) is 1. The summed E-state index contributed by atoms with van der Waals surface area (Å²) in [7, 11) is 0. The minimum atomic E-state index is -0.419. The van der Waals surface area contributed by atoms with E-state index in [9.17, 15) is 9.59 Å². The second-order valence-electron chi connectivity index (χ2n) is 4.47. The van der Waals surface area contributed by atoms with Crippen LogP contribution in [0.4, 0.5) is 16.2 Å². The van der Waals surface area contributed by atoms with Crippen molar-refractivity contribution < 1.29 is 14.3 Å². The van der Waals surface area contributed by atoms with E-state index in [-0.39, 0.29) is 17.9 Å². The van der Waals surface area contributed by atoms with E-state index in [1.807, 2.05) is 0 Å². The monoisotopic (exact) mass is 247 g/mol. The first-order valence-electron chi connectivity index (χ1n) is 5.74. The number of benzene rings is 1. The lowest BCUT2D eigenvalue weighted by Crippen LogP contribution is -2.60. The third-order valence-corrected chi connectivity index (χ3v) is 3.26. The highest BCUT2D eigenvalue weighted by Crippen LogP contribution is 2.27. The van der Waals surface area contributed by atoms with Crippen molar-refractivity contribution in [3.63, 3.8) is 0 Å². The molecule has 18 heavy (non-hydrogen) atoms. The average Bonchev–Trinajstić information content (AvgIpc) is 2.77. The zero-order valence-corrected chi connectivity index (χ0v) is 9.63. The molecular weight excluding hydrogens is 234 g/mol. The third-order valence-electron chi connectivity index (χ3n) is 3.26. The van der Waals surface area contributed by atoms with Gasteiger partial charge in [-0.2, -0.15) is 0 Å². The molecule has 0 aliphatic carbocycles. The molecule has 2 saturated heterocycles. The number of fused-ring (bicyclic) bond motifs is 1. The van der Waals surface area contributed by atoms with Crippen LogP contribution >= 0.6 is 0 Å². The first kappa shape index (κ1) is 11.0. The second-order valence-corrected chi connectivity index (χ2v) is 4.47. The van der Waals surface area contributed by atoms with Crippen LogP contribution in [0.3, 0.4) is 0 Å². The van der Waals surface area contributed by atoms with Gasteiger partial charge in [0.25, 0.3) is 0 Å². The van der Waals surface area contributed by atoms with E-state index >= 15 is 0 Å². The van der Waals surface area contributed by atoms with Crippen LogP contribution in [0.5, 0.6) is 0 Å². The van der Waals surface area contributed by atoms with E-state index in [2.05, 4.69) is 5.32 Å². The number of nitrogens with zero attached hydrogens (tertiary/aromatic N) is 1. The molecule has 3 N–H and O–H groups in total. The SMILES string of the molecule is Nc1cccc(N2C(=O)NC3COCC3C2=O)c1. The molecule has 3 rings (SSSR count). The van der Waals surface area contributed by atoms with Crippen LogP contribution in [-0.2, 0) is 9.53 Å². The zero-order chi connectivity index (χ0) is 12.7. The molecule has 2 unspecified atom stereocenters. The standard InChI is InChI=1S/C12H13N3O3/c13-7-2-1-3-8(4-7)15-11(16)9-5-18-6-10(9)14-12(15)17/h1-4,9-10H,5-6,13H2,(H,14,17). The summed E-state index contributed by atoms with van der Waals surface area (Å²) < 4.78 is 5.23. The number of imide groups is 1. The normalized spacial score (nSPS) is 27.0. The van der Waals surface area contributed by atoms with Gasteiger partial charge in [-0.05, 0) is 18.2 Å². The van der Waals surface area contributed by atoms with Gasteiger partial charge in [0, 0.05) is 5.69 Å². The second kappa shape index (κ2) is 3.99. The molecule has 94 valence electrons. The molecule has 2 aliphatic heterocycles. The number of amides is 3. The number of nitrogens with two attached hydrogens (primary N) is 1. The molecule has 1 aromatic rings. The van der Waals surface area contributed by atoms with Gasteiger partial charge in [0.2, 0.25) is 5.91 Å². The molecule has 6 heteroatoms. The Balaban J connectivity index is 1.96. The Morgan fingerprint density at radius 2 is 2.17 bits per heavy atom. The van der Waals surface area contributed by atoms with Gasteiger partial charge in [0.05, 0.1) is 30.9 Å². The Morgan fingerprint density at radius 1 is 1.33 bits per heavy atom. The van der Waals surface area contributed by atoms with Crippen LogP contribution in [0, 0.1) is 5.92 Å². The smallest absolute Gasteiger partial charge is 0.329 e. The van der Waals surface area contributed by atoms with Gasteiger partial charge in [-0.25, -0.2) is 9.69 Å². The Kier molecular flexibility index (Phi) is 2.45. The zero-order valence-electron chi connectivity index (χ0n) is 9.63. The van der Waals surface area contributed by atoms with Crippen LogP contribution in [0.1, 0.15) is 0 Å². The maximum absolute atomic E-state index is 12.3. The third kappa shape index (κ3) is 1.62. The lowest BCUT2D eigenvalue weighted by molar-refractivity contribution is -0.122. The maximum atomic E-state index is 12.3. The number of hydrogen-bond donors (Lipinski definition) is 2. The van der Waals surface area contributed by atoms with E-state index in [4.69, 9.17) is 10.5 Å². The van der Waals surface area contributed by atoms with E-state index in [1.54, 1.807) is 24.3 Å². The first-order valence-corrected chi connectivity index (χ1v) is 5.74. The lowest BCUT2D eigenvalue weighted by atomic mass is 9.99. The molecule has 1 aromatic carbocycles. The van der Waals surface area contributed by atoms with Gasteiger partial charge < -0.3 is 15.8 Å². The van der Waals surface area contributed by atoms with Crippen molar-refractivity contribution in [3.05, 3.63) is 24.3 Å². The average molecular weight is 247 g/mol. The Morgan fingerprint density at radius 3 is 2.94 bits per heavy atom. The van der Waals surface area contributed by atoms with Crippen LogP contribution < -0.4 is 16.0 Å². The van der Waals surface area contributed by atoms with Crippen molar-refractivity contribution in [3.8, 4) is 0 Å². The fourth-order valence-electron chi connectivity index (χ4n) is 2.34. The van der Waals surface area contributed by atoms with E-state index < -0.39 is 6.03 Å². The summed E-state index contributed by atoms with van der Waals surface area (Å²) in [6, 6.07) is 6.08. The Hall–Kier alpha value is -2.08. The first-order chi connectivity index (χ1) is 8.66. The van der Waals surface area contributed by atoms with Crippen LogP contribution in [0.2, 0.25) is 0 Å². The van der Waals surface area contributed by atoms with Gasteiger partial charge in [0.15, 0.2) is 0 Å². The minimum Gasteiger partial charge on any atom is -0.399 e.